The summed E-state index contributed by atoms with van der Waals surface area (Å²) in [5.41, 5.74) is 20.4. The van der Waals surface area contributed by atoms with Crippen molar-refractivity contribution in [1.82, 2.24) is 24.1 Å². The maximum atomic E-state index is 6.77. The number of benzene rings is 12. The van der Waals surface area contributed by atoms with Crippen LogP contribution in [0.2, 0.25) is 0 Å². The molecule has 17 rings (SSSR count). The fourth-order valence-corrected chi connectivity index (χ4v) is 13.5. The summed E-state index contributed by atoms with van der Waals surface area (Å²) in [5, 5.41) is 4.58. The molecule has 0 saturated heterocycles. The first-order valence-electron chi connectivity index (χ1n) is 27.9. The summed E-state index contributed by atoms with van der Waals surface area (Å²) in [4.78, 5) is 16.1. The number of hydrogen-bond donors (Lipinski definition) is 0. The van der Waals surface area contributed by atoms with Crippen LogP contribution in [0.5, 0.6) is 11.5 Å². The van der Waals surface area contributed by atoms with Crippen molar-refractivity contribution in [3.05, 3.63) is 307 Å². The fourth-order valence-electron chi connectivity index (χ4n) is 13.5. The molecule has 15 aromatic rings. The third kappa shape index (κ3) is 6.85. The molecule has 0 unspecified atom stereocenters. The van der Waals surface area contributed by atoms with Gasteiger partial charge < -0.3 is 9.30 Å². The van der Waals surface area contributed by atoms with Gasteiger partial charge in [0.25, 0.3) is 0 Å². The highest BCUT2D eigenvalue weighted by atomic mass is 16.5. The molecule has 2 aliphatic rings. The Bertz CT molecular complexity index is 4900. The summed E-state index contributed by atoms with van der Waals surface area (Å²) < 4.78 is 11.5. The van der Waals surface area contributed by atoms with Crippen LogP contribution in [0.1, 0.15) is 22.3 Å². The van der Waals surface area contributed by atoms with Crippen LogP contribution in [0.4, 0.5) is 0 Å². The summed E-state index contributed by atoms with van der Waals surface area (Å²) in [7, 11) is 0. The molecule has 1 aliphatic carbocycles. The number of hydrogen-bond acceptors (Lipinski definition) is 4. The molecule has 0 atom stereocenters. The van der Waals surface area contributed by atoms with Gasteiger partial charge in [0.1, 0.15) is 11.5 Å². The van der Waals surface area contributed by atoms with Gasteiger partial charge in [-0.1, -0.05) is 224 Å². The first-order valence-corrected chi connectivity index (χ1v) is 27.9. The fraction of sp³-hybridized carbons (Fsp3) is 0.0132. The zero-order chi connectivity index (χ0) is 53.9. The zero-order valence-corrected chi connectivity index (χ0v) is 44.3. The van der Waals surface area contributed by atoms with E-state index >= 15 is 0 Å². The molecule has 6 nitrogen and oxygen atoms in total. The van der Waals surface area contributed by atoms with Gasteiger partial charge in [-0.15, -0.1) is 0 Å². The SMILES string of the molecule is c1ccc(-c2cc(-c3ccccc3)cc(-n3c4ccccc4c4cc(-c5ccc6c(c5)c5ccc7c(c5n6-c5nc(-c6ccccc6)nc(-c6ccccc6)n5)-c5ccccc5C75c6ccccc6Oc6ccccc65)ccc43)c2)cc1. The van der Waals surface area contributed by atoms with Crippen molar-refractivity contribution in [3.63, 3.8) is 0 Å². The van der Waals surface area contributed by atoms with E-state index in [-0.39, 0.29) is 0 Å². The standard InChI is InChI=1S/C76H47N5O/c1-5-21-48(22-6-1)54-43-55(49-23-7-2-8-24-49)45-56(44-54)80-66-34-18-14-29-57(66)60-46-52(37-41-67(60)80)53-38-42-68-61(47-53)58-39-40-65-71(59-30-13-15-31-62(59)76(65)63-32-16-19-35-69(63)82-70-36-20-17-33-64(70)76)72(58)81(68)75-78-73(50-25-9-3-10-26-50)77-74(79-75)51-27-11-4-12-28-51/h1-47H. The third-order valence-corrected chi connectivity index (χ3v) is 17.0. The largest absolute Gasteiger partial charge is 0.457 e. The van der Waals surface area contributed by atoms with Crippen LogP contribution in [0.15, 0.2) is 285 Å². The van der Waals surface area contributed by atoms with E-state index in [1.165, 1.54) is 44.2 Å². The average molecular weight is 1050 g/mol. The van der Waals surface area contributed by atoms with Gasteiger partial charge in [0.2, 0.25) is 5.95 Å². The Hall–Kier alpha value is -11.0. The van der Waals surface area contributed by atoms with Crippen molar-refractivity contribution in [2.24, 2.45) is 0 Å². The first kappa shape index (κ1) is 46.0. The number of aromatic nitrogens is 5. The van der Waals surface area contributed by atoms with Gasteiger partial charge in [-0.05, 0) is 111 Å². The van der Waals surface area contributed by atoms with Crippen molar-refractivity contribution in [1.29, 1.82) is 0 Å². The Balaban J connectivity index is 0.923. The quantitative estimate of drug-likeness (QED) is 0.160. The summed E-state index contributed by atoms with van der Waals surface area (Å²) in [6.07, 6.45) is 0. The lowest BCUT2D eigenvalue weighted by Crippen LogP contribution is -2.32. The lowest BCUT2D eigenvalue weighted by atomic mass is 9.66. The molecule has 0 N–H and O–H groups in total. The van der Waals surface area contributed by atoms with E-state index in [0.29, 0.717) is 17.6 Å². The Morgan fingerprint density at radius 3 is 1.37 bits per heavy atom. The lowest BCUT2D eigenvalue weighted by molar-refractivity contribution is 0.436. The minimum Gasteiger partial charge on any atom is -0.457 e. The first-order chi connectivity index (χ1) is 40.7. The van der Waals surface area contributed by atoms with Gasteiger partial charge in [-0.3, -0.25) is 4.57 Å². The topological polar surface area (TPSA) is 57.8 Å². The second kappa shape index (κ2) is 18.0. The van der Waals surface area contributed by atoms with E-state index in [2.05, 4.69) is 258 Å². The number of para-hydroxylation sites is 3. The Morgan fingerprint density at radius 2 is 0.768 bits per heavy atom. The molecule has 6 heteroatoms. The van der Waals surface area contributed by atoms with Crippen LogP contribution >= 0.6 is 0 Å². The van der Waals surface area contributed by atoms with Crippen LogP contribution in [0, 0.1) is 0 Å². The molecular formula is C76H47N5O. The molecule has 4 heterocycles. The van der Waals surface area contributed by atoms with Gasteiger partial charge in [0, 0.05) is 55.0 Å². The second-order valence-electron chi connectivity index (χ2n) is 21.4. The minimum absolute atomic E-state index is 0.543. The van der Waals surface area contributed by atoms with Crippen LogP contribution in [-0.2, 0) is 5.41 Å². The van der Waals surface area contributed by atoms with Crippen molar-refractivity contribution < 1.29 is 4.74 Å². The summed E-state index contributed by atoms with van der Waals surface area (Å²) in [6, 6.07) is 102. The van der Waals surface area contributed by atoms with Crippen LogP contribution < -0.4 is 4.74 Å². The monoisotopic (exact) mass is 1050 g/mol. The zero-order valence-electron chi connectivity index (χ0n) is 44.3. The molecule has 382 valence electrons. The van der Waals surface area contributed by atoms with Crippen molar-refractivity contribution in [2.45, 2.75) is 5.41 Å². The molecule has 0 fully saturated rings. The Kier molecular flexibility index (Phi) is 10.1. The van der Waals surface area contributed by atoms with Crippen LogP contribution in [-0.4, -0.2) is 24.1 Å². The highest BCUT2D eigenvalue weighted by molar-refractivity contribution is 6.17. The molecule has 82 heavy (non-hydrogen) atoms. The van der Waals surface area contributed by atoms with Gasteiger partial charge >= 0.3 is 0 Å². The lowest BCUT2D eigenvalue weighted by Gasteiger charge is -2.39. The maximum Gasteiger partial charge on any atom is 0.238 e. The van der Waals surface area contributed by atoms with Crippen molar-refractivity contribution in [3.8, 4) is 90.4 Å². The third-order valence-electron chi connectivity index (χ3n) is 17.0. The maximum absolute atomic E-state index is 6.77. The number of nitrogens with zero attached hydrogens (tertiary/aromatic N) is 5. The molecule has 1 aliphatic heterocycles. The van der Waals surface area contributed by atoms with Gasteiger partial charge in [-0.25, -0.2) is 4.98 Å². The molecule has 0 amide bonds. The predicted molar refractivity (Wildman–Crippen MR) is 333 cm³/mol. The molecule has 0 bridgehead atoms. The van der Waals surface area contributed by atoms with Crippen molar-refractivity contribution in [2.75, 3.05) is 0 Å². The number of ether oxygens (including phenoxy) is 1. The highest BCUT2D eigenvalue weighted by Gasteiger charge is 2.52. The van der Waals surface area contributed by atoms with Crippen molar-refractivity contribution >= 4 is 43.6 Å². The van der Waals surface area contributed by atoms with E-state index in [1.54, 1.807) is 0 Å². The second-order valence-corrected chi connectivity index (χ2v) is 21.4. The molecule has 0 radical (unpaired) electrons. The molecule has 0 saturated carbocycles. The van der Waals surface area contributed by atoms with E-state index in [1.807, 2.05) is 36.4 Å². The Morgan fingerprint density at radius 1 is 0.293 bits per heavy atom. The Labute approximate surface area is 473 Å². The van der Waals surface area contributed by atoms with Gasteiger partial charge in [0.15, 0.2) is 11.6 Å². The minimum atomic E-state index is -0.679. The van der Waals surface area contributed by atoms with E-state index in [9.17, 15) is 0 Å². The number of fused-ring (bicyclic) bond motifs is 16. The van der Waals surface area contributed by atoms with E-state index in [4.69, 9.17) is 19.7 Å². The summed E-state index contributed by atoms with van der Waals surface area (Å²) in [5.74, 6) is 3.45. The molecule has 1 spiro atoms. The molecule has 3 aromatic heterocycles. The van der Waals surface area contributed by atoms with E-state index in [0.717, 1.165) is 94.5 Å². The van der Waals surface area contributed by atoms with Crippen LogP contribution in [0.25, 0.3) is 123 Å². The molecule has 12 aromatic carbocycles. The summed E-state index contributed by atoms with van der Waals surface area (Å²) >= 11 is 0. The normalized spacial score (nSPS) is 12.8. The predicted octanol–water partition coefficient (Wildman–Crippen LogP) is 18.9. The van der Waals surface area contributed by atoms with E-state index < -0.39 is 5.41 Å². The van der Waals surface area contributed by atoms with Gasteiger partial charge in [0.05, 0.1) is 27.5 Å². The number of rotatable bonds is 7. The van der Waals surface area contributed by atoms with Gasteiger partial charge in [-0.2, -0.15) is 9.97 Å². The average Bonchev–Trinajstić information content (AvgIpc) is 3.30. The smallest absolute Gasteiger partial charge is 0.238 e. The molecular weight excluding hydrogens is 999 g/mol. The highest BCUT2D eigenvalue weighted by Crippen LogP contribution is 2.63. The van der Waals surface area contributed by atoms with Crippen LogP contribution in [0.3, 0.4) is 0 Å². The summed E-state index contributed by atoms with van der Waals surface area (Å²) in [6.45, 7) is 0.